The number of ether oxygens (including phenoxy) is 2. The van der Waals surface area contributed by atoms with Gasteiger partial charge >= 0.3 is 0 Å². The van der Waals surface area contributed by atoms with Gasteiger partial charge in [0.25, 0.3) is 0 Å². The van der Waals surface area contributed by atoms with E-state index in [4.69, 9.17) is 15.9 Å². The molecular weight excluding hydrogens is 264 g/mol. The standard InChI is InChI=1S/C14H18O4S/c1-3-7-17-8-9-18-10-11-19(15,16)14-6-4-5-13(2)12-14/h1,4-6,12H,7-11H2,2H3. The van der Waals surface area contributed by atoms with Crippen LogP contribution in [0.2, 0.25) is 0 Å². The zero-order valence-corrected chi connectivity index (χ0v) is 11.8. The molecule has 1 rings (SSSR count). The van der Waals surface area contributed by atoms with Gasteiger partial charge in [-0.3, -0.25) is 0 Å². The van der Waals surface area contributed by atoms with Gasteiger partial charge in [0.2, 0.25) is 0 Å². The van der Waals surface area contributed by atoms with Crippen molar-refractivity contribution in [3.63, 3.8) is 0 Å². The molecule has 1 aromatic rings. The number of terminal acetylenes is 1. The molecule has 0 aliphatic carbocycles. The highest BCUT2D eigenvalue weighted by atomic mass is 32.2. The zero-order valence-electron chi connectivity index (χ0n) is 11.0. The molecule has 1 aromatic carbocycles. The third kappa shape index (κ3) is 5.88. The first-order valence-electron chi connectivity index (χ1n) is 5.94. The minimum Gasteiger partial charge on any atom is -0.378 e. The summed E-state index contributed by atoms with van der Waals surface area (Å²) in [6.45, 7) is 2.96. The second kappa shape index (κ2) is 7.95. The first kappa shape index (κ1) is 15.7. The lowest BCUT2D eigenvalue weighted by molar-refractivity contribution is 0.0670. The zero-order chi connectivity index (χ0) is 14.1. The number of aryl methyl sites for hydroxylation is 1. The minimum atomic E-state index is -3.28. The number of sulfone groups is 1. The van der Waals surface area contributed by atoms with E-state index in [0.29, 0.717) is 18.1 Å². The molecule has 104 valence electrons. The van der Waals surface area contributed by atoms with Crippen LogP contribution >= 0.6 is 0 Å². The van der Waals surface area contributed by atoms with Gasteiger partial charge < -0.3 is 9.47 Å². The maximum atomic E-state index is 12.0. The van der Waals surface area contributed by atoms with E-state index in [0.717, 1.165) is 5.56 Å². The summed E-state index contributed by atoms with van der Waals surface area (Å²) < 4.78 is 34.2. The summed E-state index contributed by atoms with van der Waals surface area (Å²) in [5, 5.41) is 0. The highest BCUT2D eigenvalue weighted by molar-refractivity contribution is 7.91. The molecule has 0 fully saturated rings. The second-order valence-electron chi connectivity index (χ2n) is 4.00. The van der Waals surface area contributed by atoms with Crippen molar-refractivity contribution >= 4 is 9.84 Å². The smallest absolute Gasteiger partial charge is 0.180 e. The number of rotatable bonds is 8. The Morgan fingerprint density at radius 3 is 2.63 bits per heavy atom. The lowest BCUT2D eigenvalue weighted by Gasteiger charge is -2.06. The quantitative estimate of drug-likeness (QED) is 0.535. The molecule has 0 aromatic heterocycles. The van der Waals surface area contributed by atoms with E-state index in [1.165, 1.54) is 0 Å². The van der Waals surface area contributed by atoms with E-state index in [9.17, 15) is 8.42 Å². The topological polar surface area (TPSA) is 52.6 Å². The summed E-state index contributed by atoms with van der Waals surface area (Å²) in [6, 6.07) is 6.85. The Morgan fingerprint density at radius 2 is 1.95 bits per heavy atom. The van der Waals surface area contributed by atoms with Gasteiger partial charge in [-0.25, -0.2) is 8.42 Å². The van der Waals surface area contributed by atoms with Gasteiger partial charge in [-0.15, -0.1) is 6.42 Å². The summed E-state index contributed by atoms with van der Waals surface area (Å²) in [4.78, 5) is 0.333. The van der Waals surface area contributed by atoms with Crippen LogP contribution in [0.4, 0.5) is 0 Å². The van der Waals surface area contributed by atoms with Crippen LogP contribution in [0.5, 0.6) is 0 Å². The normalized spacial score (nSPS) is 11.2. The van der Waals surface area contributed by atoms with Crippen molar-refractivity contribution in [1.29, 1.82) is 0 Å². The molecule has 0 spiro atoms. The van der Waals surface area contributed by atoms with Crippen molar-refractivity contribution in [3.8, 4) is 12.3 Å². The third-order valence-electron chi connectivity index (χ3n) is 2.40. The van der Waals surface area contributed by atoms with E-state index in [2.05, 4.69) is 5.92 Å². The Hall–Kier alpha value is -1.35. The van der Waals surface area contributed by atoms with Gasteiger partial charge in [0.15, 0.2) is 9.84 Å². The van der Waals surface area contributed by atoms with Crippen molar-refractivity contribution in [3.05, 3.63) is 29.8 Å². The van der Waals surface area contributed by atoms with Crippen molar-refractivity contribution in [1.82, 2.24) is 0 Å². The van der Waals surface area contributed by atoms with Gasteiger partial charge in [-0.05, 0) is 24.6 Å². The van der Waals surface area contributed by atoms with E-state index < -0.39 is 9.84 Å². The van der Waals surface area contributed by atoms with Gasteiger partial charge in [0.1, 0.15) is 6.61 Å². The molecule has 0 saturated heterocycles. The molecule has 5 heteroatoms. The second-order valence-corrected chi connectivity index (χ2v) is 6.11. The van der Waals surface area contributed by atoms with Gasteiger partial charge in [-0.2, -0.15) is 0 Å². The number of hydrogen-bond acceptors (Lipinski definition) is 4. The van der Waals surface area contributed by atoms with Crippen LogP contribution in [0.15, 0.2) is 29.2 Å². The van der Waals surface area contributed by atoms with E-state index in [1.54, 1.807) is 18.2 Å². The predicted molar refractivity (Wildman–Crippen MR) is 73.7 cm³/mol. The number of benzene rings is 1. The monoisotopic (exact) mass is 282 g/mol. The maximum absolute atomic E-state index is 12.0. The SMILES string of the molecule is C#CCOCCOCCS(=O)(=O)c1cccc(C)c1. The van der Waals surface area contributed by atoms with E-state index in [1.807, 2.05) is 13.0 Å². The van der Waals surface area contributed by atoms with Crippen molar-refractivity contribution in [2.75, 3.05) is 32.2 Å². The van der Waals surface area contributed by atoms with Crippen LogP contribution in [0.25, 0.3) is 0 Å². The fourth-order valence-corrected chi connectivity index (χ4v) is 2.67. The first-order valence-corrected chi connectivity index (χ1v) is 7.60. The van der Waals surface area contributed by atoms with Crippen LogP contribution in [0.3, 0.4) is 0 Å². The fraction of sp³-hybridized carbons (Fsp3) is 0.429. The molecule has 4 nitrogen and oxygen atoms in total. The largest absolute Gasteiger partial charge is 0.378 e. The molecule has 0 heterocycles. The van der Waals surface area contributed by atoms with E-state index in [-0.39, 0.29) is 19.0 Å². The molecule has 0 saturated carbocycles. The summed E-state index contributed by atoms with van der Waals surface area (Å²) >= 11 is 0. The van der Waals surface area contributed by atoms with Crippen LogP contribution in [-0.4, -0.2) is 40.6 Å². The molecule has 0 N–H and O–H groups in total. The van der Waals surface area contributed by atoms with Gasteiger partial charge in [0.05, 0.1) is 30.5 Å². The Bertz CT molecular complexity index is 529. The molecule has 0 aliphatic heterocycles. The molecule has 0 atom stereocenters. The summed E-state index contributed by atoms with van der Waals surface area (Å²) in [7, 11) is -3.28. The minimum absolute atomic E-state index is 0.0361. The molecule has 0 bridgehead atoms. The lowest BCUT2D eigenvalue weighted by atomic mass is 10.2. The third-order valence-corrected chi connectivity index (χ3v) is 4.08. The Kier molecular flexibility index (Phi) is 6.57. The summed E-state index contributed by atoms with van der Waals surface area (Å²) in [5.74, 6) is 2.30. The van der Waals surface area contributed by atoms with Crippen LogP contribution < -0.4 is 0 Å². The van der Waals surface area contributed by atoms with Crippen molar-refractivity contribution in [2.45, 2.75) is 11.8 Å². The first-order chi connectivity index (χ1) is 9.06. The highest BCUT2D eigenvalue weighted by Gasteiger charge is 2.13. The molecule has 0 amide bonds. The predicted octanol–water partition coefficient (Wildman–Crippen LogP) is 1.44. The maximum Gasteiger partial charge on any atom is 0.180 e. The summed E-state index contributed by atoms with van der Waals surface area (Å²) in [5.41, 5.74) is 0.921. The molecule has 0 aliphatic rings. The lowest BCUT2D eigenvalue weighted by Crippen LogP contribution is -2.14. The highest BCUT2D eigenvalue weighted by Crippen LogP contribution is 2.12. The van der Waals surface area contributed by atoms with Crippen molar-refractivity contribution in [2.24, 2.45) is 0 Å². The molecule has 19 heavy (non-hydrogen) atoms. The van der Waals surface area contributed by atoms with Gasteiger partial charge in [0, 0.05) is 0 Å². The summed E-state index contributed by atoms with van der Waals surface area (Å²) in [6.07, 6.45) is 5.01. The average molecular weight is 282 g/mol. The van der Waals surface area contributed by atoms with Crippen LogP contribution in [0.1, 0.15) is 5.56 Å². The van der Waals surface area contributed by atoms with Crippen molar-refractivity contribution < 1.29 is 17.9 Å². The Balaban J connectivity index is 2.34. The van der Waals surface area contributed by atoms with Crippen LogP contribution in [-0.2, 0) is 19.3 Å². The Morgan fingerprint density at radius 1 is 1.21 bits per heavy atom. The van der Waals surface area contributed by atoms with Gasteiger partial charge in [-0.1, -0.05) is 18.1 Å². The molecule has 0 unspecified atom stereocenters. The molecular formula is C14H18O4S. The average Bonchev–Trinajstić information content (AvgIpc) is 2.38. The van der Waals surface area contributed by atoms with E-state index >= 15 is 0 Å². The Labute approximate surface area is 114 Å². The number of hydrogen-bond donors (Lipinski definition) is 0. The molecule has 0 radical (unpaired) electrons. The fourth-order valence-electron chi connectivity index (χ4n) is 1.45. The van der Waals surface area contributed by atoms with Crippen LogP contribution in [0, 0.1) is 19.3 Å².